The van der Waals surface area contributed by atoms with Crippen molar-refractivity contribution in [3.63, 3.8) is 0 Å². The van der Waals surface area contributed by atoms with Crippen molar-refractivity contribution in [2.45, 2.75) is 233 Å². The second kappa shape index (κ2) is 27.4. The Morgan fingerprint density at radius 3 is 1.21 bits per heavy atom. The van der Waals surface area contributed by atoms with Crippen LogP contribution in [0.4, 0.5) is 0 Å². The highest BCUT2D eigenvalue weighted by atomic mass is 32.2. The monoisotopic (exact) mass is 839 g/mol. The zero-order chi connectivity index (χ0) is 42.4. The highest BCUT2D eigenvalue weighted by Gasteiger charge is 2.29. The predicted octanol–water partition coefficient (Wildman–Crippen LogP) is 17.6. The van der Waals surface area contributed by atoms with E-state index in [1.807, 2.05) is 0 Å². The van der Waals surface area contributed by atoms with Crippen molar-refractivity contribution < 1.29 is 9.47 Å². The topological polar surface area (TPSA) is 18.5 Å². The van der Waals surface area contributed by atoms with E-state index in [2.05, 4.69) is 131 Å². The van der Waals surface area contributed by atoms with Gasteiger partial charge in [0.05, 0.1) is 0 Å². The van der Waals surface area contributed by atoms with Crippen LogP contribution in [0.5, 0.6) is 11.5 Å². The van der Waals surface area contributed by atoms with Gasteiger partial charge in [-0.25, -0.2) is 0 Å². The summed E-state index contributed by atoms with van der Waals surface area (Å²) in [6.45, 7) is 27.2. The van der Waals surface area contributed by atoms with E-state index in [1.54, 1.807) is 0 Å². The number of rotatable bonds is 28. The molecule has 0 bridgehead atoms. The second-order valence-electron chi connectivity index (χ2n) is 19.2. The summed E-state index contributed by atoms with van der Waals surface area (Å²) in [6.07, 6.45) is 24.9. The van der Waals surface area contributed by atoms with Crippen LogP contribution in [0.1, 0.15) is 220 Å². The van der Waals surface area contributed by atoms with Crippen molar-refractivity contribution in [2.24, 2.45) is 11.8 Å². The van der Waals surface area contributed by atoms with E-state index >= 15 is 0 Å². The fraction of sp³-hybridized carbons (Fsp3) is 0.731. The fourth-order valence-corrected chi connectivity index (χ4v) is 10.8. The number of thioether (sulfide) groups is 1. The van der Waals surface area contributed by atoms with Crippen LogP contribution in [0.15, 0.2) is 36.4 Å². The Hall–Kier alpha value is -1.43. The van der Waals surface area contributed by atoms with Gasteiger partial charge < -0.3 is 9.47 Å². The van der Waals surface area contributed by atoms with Gasteiger partial charge in [0.1, 0.15) is 11.5 Å². The molecule has 0 aliphatic rings. The molecule has 0 aromatic heterocycles. The van der Waals surface area contributed by atoms with Crippen LogP contribution in [0.2, 0.25) is 0 Å². The van der Waals surface area contributed by atoms with Crippen LogP contribution in [-0.4, -0.2) is 20.6 Å². The molecule has 324 valence electrons. The first kappa shape index (κ1) is 51.7. The third-order valence-electron chi connectivity index (χ3n) is 11.9. The third-order valence-corrected chi connectivity index (χ3v) is 14.4. The molecule has 0 radical (unpaired) electrons. The molecule has 2 nitrogen and oxygen atoms in total. The summed E-state index contributed by atoms with van der Waals surface area (Å²) in [5, 5.41) is 2.72. The predicted molar refractivity (Wildman–Crippen MR) is 263 cm³/mol. The Morgan fingerprint density at radius 2 is 0.877 bits per heavy atom. The van der Waals surface area contributed by atoms with Crippen LogP contribution in [0.25, 0.3) is 0 Å². The van der Waals surface area contributed by atoms with Gasteiger partial charge in [-0.1, -0.05) is 183 Å². The number of thiocarbonyl (C=S) groups is 2. The first-order chi connectivity index (χ1) is 27.0. The Labute approximate surface area is 368 Å². The molecule has 0 saturated carbocycles. The molecule has 0 aliphatic heterocycles. The lowest BCUT2D eigenvalue weighted by Crippen LogP contribution is -2.27. The molecule has 2 aromatic rings. The molecule has 2 rings (SSSR count). The molecule has 0 fully saturated rings. The second-order valence-corrected chi connectivity index (χ2v) is 21.6. The summed E-state index contributed by atoms with van der Waals surface area (Å²) in [5.41, 5.74) is 4.86. The minimum Gasteiger partial charge on any atom is -0.450 e. The summed E-state index contributed by atoms with van der Waals surface area (Å²) in [4.78, 5) is 0. The summed E-state index contributed by atoms with van der Waals surface area (Å²) in [7, 11) is 0. The van der Waals surface area contributed by atoms with Crippen molar-refractivity contribution in [3.05, 3.63) is 58.7 Å². The quantitative estimate of drug-likeness (QED) is 0.0626. The maximum atomic E-state index is 6.52. The molecule has 0 saturated heterocycles. The lowest BCUT2D eigenvalue weighted by molar-refractivity contribution is 0.400. The van der Waals surface area contributed by atoms with Crippen molar-refractivity contribution in [3.8, 4) is 11.5 Å². The van der Waals surface area contributed by atoms with Gasteiger partial charge in [-0.3, -0.25) is 0 Å². The molecule has 0 heterocycles. The molecule has 0 N–H and O–H groups in total. The van der Waals surface area contributed by atoms with Gasteiger partial charge in [-0.15, -0.1) is 0 Å². The highest BCUT2D eigenvalue weighted by molar-refractivity contribution is 8.00. The number of benzene rings is 2. The molecule has 0 amide bonds. The average molecular weight is 839 g/mol. The van der Waals surface area contributed by atoms with Crippen molar-refractivity contribution >= 4 is 46.3 Å². The van der Waals surface area contributed by atoms with E-state index in [1.165, 1.54) is 125 Å². The zero-order valence-corrected chi connectivity index (χ0v) is 41.4. The maximum Gasteiger partial charge on any atom is 0.167 e. The molecule has 57 heavy (non-hydrogen) atoms. The normalized spacial score (nSPS) is 14.2. The smallest absolute Gasteiger partial charge is 0.167 e. The van der Waals surface area contributed by atoms with Gasteiger partial charge in [-0.2, -0.15) is 11.8 Å². The highest BCUT2D eigenvalue weighted by Crippen LogP contribution is 2.41. The van der Waals surface area contributed by atoms with Crippen LogP contribution < -0.4 is 9.47 Å². The minimum atomic E-state index is -0.00386. The van der Waals surface area contributed by atoms with E-state index in [-0.39, 0.29) is 10.8 Å². The van der Waals surface area contributed by atoms with E-state index in [0.29, 0.717) is 22.3 Å². The van der Waals surface area contributed by atoms with Crippen LogP contribution in [0.3, 0.4) is 0 Å². The Balaban J connectivity index is 2.29. The number of unbranched alkanes of at least 4 members (excludes halogenated alkanes) is 10. The SMILES string of the molecule is CCCCCCCCC(SC(CCCCCCCC)C(CC)CCC(=S)Oc1cc(C)ccc1C(C)(C)C)C(CC)CCC(=S)Oc1cc(C)ccc1C(C)(C)C. The van der Waals surface area contributed by atoms with Crippen molar-refractivity contribution in [2.75, 3.05) is 0 Å². The van der Waals surface area contributed by atoms with Crippen molar-refractivity contribution in [1.82, 2.24) is 0 Å². The molecule has 5 heteroatoms. The molecule has 0 spiro atoms. The summed E-state index contributed by atoms with van der Waals surface area (Å²) in [5.74, 6) is 3.08. The van der Waals surface area contributed by atoms with E-state index < -0.39 is 0 Å². The zero-order valence-electron chi connectivity index (χ0n) is 39.0. The number of aryl methyl sites for hydroxylation is 2. The number of ether oxygens (including phenoxy) is 2. The molecule has 4 unspecified atom stereocenters. The van der Waals surface area contributed by atoms with E-state index in [0.717, 1.165) is 47.3 Å². The summed E-state index contributed by atoms with van der Waals surface area (Å²) in [6, 6.07) is 13.1. The Kier molecular flexibility index (Phi) is 24.9. The van der Waals surface area contributed by atoms with E-state index in [9.17, 15) is 0 Å². The number of hydrogen-bond acceptors (Lipinski definition) is 5. The van der Waals surface area contributed by atoms with Gasteiger partial charge in [0.2, 0.25) is 0 Å². The van der Waals surface area contributed by atoms with Gasteiger partial charge in [0.15, 0.2) is 10.1 Å². The van der Waals surface area contributed by atoms with Crippen molar-refractivity contribution in [1.29, 1.82) is 0 Å². The largest absolute Gasteiger partial charge is 0.450 e. The van der Waals surface area contributed by atoms with Crippen LogP contribution in [-0.2, 0) is 10.8 Å². The Bertz CT molecular complexity index is 1330. The standard InChI is InChI=1S/C52H86O2S3/c1-13-17-19-21-23-25-27-47(41(15-3)31-35-49(55)53-45-37-39(5)29-33-43(45)51(7,8)9)57-48(28-26-24-22-20-18-14-2)42(16-4)32-36-50(56)54-46-38-40(6)30-34-44(46)52(10,11)12/h29-30,33-34,37-38,41-42,47-48H,13-28,31-32,35-36H2,1-12H3. The summed E-state index contributed by atoms with van der Waals surface area (Å²) >= 11 is 14.3. The first-order valence-electron chi connectivity index (χ1n) is 23.3. The first-order valence-corrected chi connectivity index (χ1v) is 25.1. The third kappa shape index (κ3) is 20.1. The van der Waals surface area contributed by atoms with Gasteiger partial charge in [-0.05, 0) is 110 Å². The molecular weight excluding hydrogens is 753 g/mol. The van der Waals surface area contributed by atoms with Crippen LogP contribution >= 0.6 is 36.2 Å². The van der Waals surface area contributed by atoms with Gasteiger partial charge in [0, 0.05) is 34.5 Å². The molecular formula is C52H86O2S3. The van der Waals surface area contributed by atoms with E-state index in [4.69, 9.17) is 33.9 Å². The maximum absolute atomic E-state index is 6.52. The molecule has 2 aromatic carbocycles. The fourth-order valence-electron chi connectivity index (χ4n) is 8.23. The number of hydrogen-bond donors (Lipinski definition) is 0. The summed E-state index contributed by atoms with van der Waals surface area (Å²) < 4.78 is 13.0. The Morgan fingerprint density at radius 1 is 0.526 bits per heavy atom. The van der Waals surface area contributed by atoms with Gasteiger partial charge in [0.25, 0.3) is 0 Å². The molecule has 0 aliphatic carbocycles. The lowest BCUT2D eigenvalue weighted by atomic mass is 9.86. The minimum absolute atomic E-state index is 0.00386. The van der Waals surface area contributed by atoms with Crippen LogP contribution in [0, 0.1) is 25.7 Å². The van der Waals surface area contributed by atoms with Gasteiger partial charge >= 0.3 is 0 Å². The molecule has 4 atom stereocenters. The lowest BCUT2D eigenvalue weighted by Gasteiger charge is -2.34. The average Bonchev–Trinajstić information content (AvgIpc) is 3.13.